The molecule has 2 aromatic rings. The number of esters is 1. The van der Waals surface area contributed by atoms with E-state index >= 15 is 0 Å². The Morgan fingerprint density at radius 3 is 1.66 bits per heavy atom. The Bertz CT molecular complexity index is 1030. The highest BCUT2D eigenvalue weighted by atomic mass is 16.6. The van der Waals surface area contributed by atoms with Crippen LogP contribution >= 0.6 is 0 Å². The Labute approximate surface area is 261 Å². The molecule has 0 atom stereocenters. The summed E-state index contributed by atoms with van der Waals surface area (Å²) in [6.07, 6.45) is 3.75. The molecule has 0 unspecified atom stereocenters. The van der Waals surface area contributed by atoms with Gasteiger partial charge in [-0.1, -0.05) is 68.3 Å². The van der Waals surface area contributed by atoms with Crippen molar-refractivity contribution in [2.45, 2.75) is 44.9 Å². The van der Waals surface area contributed by atoms with Crippen LogP contribution in [0.2, 0.25) is 0 Å². The Hall–Kier alpha value is -3.02. The third kappa shape index (κ3) is 13.7. The molecule has 0 spiro atoms. The largest absolute Gasteiger partial charge is 0.463 e. The van der Waals surface area contributed by atoms with Gasteiger partial charge in [0.15, 0.2) is 0 Å². The smallest absolute Gasteiger partial charge is 0.407 e. The van der Waals surface area contributed by atoms with Crippen LogP contribution in [-0.2, 0) is 38.0 Å². The van der Waals surface area contributed by atoms with Crippen molar-refractivity contribution in [2.75, 3.05) is 85.8 Å². The summed E-state index contributed by atoms with van der Waals surface area (Å²) in [7, 11) is 0. The molecule has 44 heavy (non-hydrogen) atoms. The topological polar surface area (TPSA) is 111 Å². The van der Waals surface area contributed by atoms with Crippen LogP contribution in [0, 0.1) is 0 Å². The van der Waals surface area contributed by atoms with Gasteiger partial charge in [-0.3, -0.25) is 4.79 Å². The predicted molar refractivity (Wildman–Crippen MR) is 167 cm³/mol. The van der Waals surface area contributed by atoms with E-state index < -0.39 is 6.09 Å². The van der Waals surface area contributed by atoms with Gasteiger partial charge in [-0.15, -0.1) is 0 Å². The zero-order valence-corrected chi connectivity index (χ0v) is 26.1. The van der Waals surface area contributed by atoms with Crippen LogP contribution in [0.3, 0.4) is 0 Å². The van der Waals surface area contributed by atoms with Gasteiger partial charge < -0.3 is 38.5 Å². The van der Waals surface area contributed by atoms with Crippen molar-refractivity contribution in [2.24, 2.45) is 0 Å². The number of amides is 1. The molecule has 10 heteroatoms. The summed E-state index contributed by atoms with van der Waals surface area (Å²) in [6.45, 7) is 7.84. The Morgan fingerprint density at radius 2 is 1.11 bits per heavy atom. The fourth-order valence-electron chi connectivity index (χ4n) is 4.80. The molecule has 1 aliphatic carbocycles. The van der Waals surface area contributed by atoms with Gasteiger partial charge in [-0.05, 0) is 35.1 Å². The van der Waals surface area contributed by atoms with Crippen molar-refractivity contribution in [1.29, 1.82) is 0 Å². The maximum absolute atomic E-state index is 12.2. The number of nitrogens with one attached hydrogen (secondary N) is 1. The van der Waals surface area contributed by atoms with E-state index in [1.807, 2.05) is 24.3 Å². The second-order valence-corrected chi connectivity index (χ2v) is 10.3. The summed E-state index contributed by atoms with van der Waals surface area (Å²) in [5, 5.41) is 2.80. The molecule has 0 saturated heterocycles. The molecular formula is C34H49NO9. The zero-order valence-electron chi connectivity index (χ0n) is 26.1. The second kappa shape index (κ2) is 22.5. The molecular weight excluding hydrogens is 566 g/mol. The summed E-state index contributed by atoms with van der Waals surface area (Å²) in [4.78, 5) is 23.7. The molecule has 0 heterocycles. The molecule has 10 nitrogen and oxygen atoms in total. The minimum absolute atomic E-state index is 0.0523. The fourth-order valence-corrected chi connectivity index (χ4v) is 4.80. The van der Waals surface area contributed by atoms with Crippen LogP contribution in [-0.4, -0.2) is 97.9 Å². The summed E-state index contributed by atoms with van der Waals surface area (Å²) in [5.74, 6) is -0.110. The van der Waals surface area contributed by atoms with Crippen molar-refractivity contribution >= 4 is 12.1 Å². The molecule has 244 valence electrons. The number of unbranched alkanes of at least 4 members (excludes halogenated alkanes) is 2. The molecule has 2 aromatic carbocycles. The van der Waals surface area contributed by atoms with Crippen molar-refractivity contribution in [3.05, 3.63) is 59.7 Å². The highest BCUT2D eigenvalue weighted by Crippen LogP contribution is 2.44. The minimum Gasteiger partial charge on any atom is -0.463 e. The SMILES string of the molecule is CCCCCC(=O)OCCOCCOCCOCCOCCOCCCNC(=O)OCC1c2ccccc2-c2ccccc21. The Morgan fingerprint density at radius 1 is 0.614 bits per heavy atom. The van der Waals surface area contributed by atoms with E-state index in [9.17, 15) is 9.59 Å². The molecule has 0 saturated carbocycles. The van der Waals surface area contributed by atoms with Crippen LogP contribution in [0.15, 0.2) is 48.5 Å². The monoisotopic (exact) mass is 615 g/mol. The maximum Gasteiger partial charge on any atom is 0.407 e. The molecule has 3 rings (SSSR count). The van der Waals surface area contributed by atoms with Crippen molar-refractivity contribution < 1.29 is 42.7 Å². The number of carbonyl (C=O) groups excluding carboxylic acids is 2. The van der Waals surface area contributed by atoms with E-state index in [0.717, 1.165) is 19.3 Å². The van der Waals surface area contributed by atoms with E-state index in [2.05, 4.69) is 36.5 Å². The maximum atomic E-state index is 12.2. The molecule has 0 aromatic heterocycles. The number of benzene rings is 2. The summed E-state index contributed by atoms with van der Waals surface area (Å²) in [6, 6.07) is 16.6. The molecule has 0 radical (unpaired) electrons. The predicted octanol–water partition coefficient (Wildman–Crippen LogP) is 5.12. The van der Waals surface area contributed by atoms with E-state index in [0.29, 0.717) is 92.1 Å². The first kappa shape index (κ1) is 35.5. The highest BCUT2D eigenvalue weighted by molar-refractivity contribution is 5.79. The third-order valence-corrected chi connectivity index (χ3v) is 7.04. The van der Waals surface area contributed by atoms with Gasteiger partial charge in [-0.25, -0.2) is 4.79 Å². The summed E-state index contributed by atoms with van der Waals surface area (Å²) >= 11 is 0. The fraction of sp³-hybridized carbons (Fsp3) is 0.588. The number of fused-ring (bicyclic) bond motifs is 3. The molecule has 1 N–H and O–H groups in total. The lowest BCUT2D eigenvalue weighted by atomic mass is 9.98. The van der Waals surface area contributed by atoms with Gasteiger partial charge in [0, 0.05) is 25.5 Å². The number of ether oxygens (including phenoxy) is 7. The lowest BCUT2D eigenvalue weighted by molar-refractivity contribution is -0.145. The summed E-state index contributed by atoms with van der Waals surface area (Å²) in [5.41, 5.74) is 4.81. The minimum atomic E-state index is -0.415. The van der Waals surface area contributed by atoms with Gasteiger partial charge in [0.2, 0.25) is 0 Å². The van der Waals surface area contributed by atoms with Crippen LogP contribution in [0.1, 0.15) is 56.1 Å². The summed E-state index contributed by atoms with van der Waals surface area (Å²) < 4.78 is 38.0. The highest BCUT2D eigenvalue weighted by Gasteiger charge is 2.28. The van der Waals surface area contributed by atoms with Crippen LogP contribution in [0.25, 0.3) is 11.1 Å². The van der Waals surface area contributed by atoms with E-state index in [1.54, 1.807) is 0 Å². The molecule has 0 bridgehead atoms. The first-order valence-electron chi connectivity index (χ1n) is 15.8. The Kier molecular flexibility index (Phi) is 18.1. The van der Waals surface area contributed by atoms with Crippen LogP contribution in [0.5, 0.6) is 0 Å². The number of hydrogen-bond donors (Lipinski definition) is 1. The van der Waals surface area contributed by atoms with Gasteiger partial charge in [0.1, 0.15) is 13.2 Å². The lowest BCUT2D eigenvalue weighted by Gasteiger charge is -2.14. The van der Waals surface area contributed by atoms with Crippen molar-refractivity contribution in [1.82, 2.24) is 5.32 Å². The van der Waals surface area contributed by atoms with Crippen LogP contribution < -0.4 is 5.32 Å². The molecule has 1 amide bonds. The van der Waals surface area contributed by atoms with Gasteiger partial charge in [0.25, 0.3) is 0 Å². The van der Waals surface area contributed by atoms with Gasteiger partial charge in [0.05, 0.1) is 59.5 Å². The average molecular weight is 616 g/mol. The standard InChI is InChI=1S/C34H49NO9/c1-2-3-4-14-33(36)43-26-25-42-24-23-41-22-21-40-20-19-39-18-17-38-16-9-15-35-34(37)44-27-32-30-12-7-5-10-28(30)29-11-6-8-13-31(29)32/h5-8,10-13,32H,2-4,9,14-27H2,1H3,(H,35,37). The normalized spacial score (nSPS) is 12.1. The Balaban J connectivity index is 1.04. The number of hydrogen-bond acceptors (Lipinski definition) is 9. The molecule has 0 fully saturated rings. The van der Waals surface area contributed by atoms with Crippen molar-refractivity contribution in [3.8, 4) is 11.1 Å². The lowest BCUT2D eigenvalue weighted by Crippen LogP contribution is -2.27. The van der Waals surface area contributed by atoms with Gasteiger partial charge in [-0.2, -0.15) is 0 Å². The number of carbonyl (C=O) groups is 2. The number of alkyl carbamates (subject to hydrolysis) is 1. The number of rotatable bonds is 25. The zero-order chi connectivity index (χ0) is 31.1. The van der Waals surface area contributed by atoms with Crippen LogP contribution in [0.4, 0.5) is 4.79 Å². The van der Waals surface area contributed by atoms with E-state index in [-0.39, 0.29) is 18.5 Å². The molecule has 1 aliphatic rings. The first-order chi connectivity index (χ1) is 21.7. The third-order valence-electron chi connectivity index (χ3n) is 7.04. The van der Waals surface area contributed by atoms with E-state index in [4.69, 9.17) is 33.2 Å². The first-order valence-corrected chi connectivity index (χ1v) is 15.8. The van der Waals surface area contributed by atoms with Gasteiger partial charge >= 0.3 is 12.1 Å². The van der Waals surface area contributed by atoms with E-state index in [1.165, 1.54) is 22.3 Å². The van der Waals surface area contributed by atoms with Crippen molar-refractivity contribution in [3.63, 3.8) is 0 Å². The average Bonchev–Trinajstić information content (AvgIpc) is 3.36. The molecule has 0 aliphatic heterocycles. The second-order valence-electron chi connectivity index (χ2n) is 10.3. The quantitative estimate of drug-likeness (QED) is 0.120.